The largest absolute Gasteiger partial charge is 0.481 e. The Balaban J connectivity index is 5.01. The molecule has 0 radical (unpaired) electrons. The van der Waals surface area contributed by atoms with Crippen molar-refractivity contribution >= 4 is 35.6 Å². The van der Waals surface area contributed by atoms with Crippen molar-refractivity contribution in [1.82, 2.24) is 10.6 Å². The van der Waals surface area contributed by atoms with Crippen molar-refractivity contribution in [1.29, 1.82) is 0 Å². The third-order valence-corrected chi connectivity index (χ3v) is 3.88. The first-order valence-electron chi connectivity index (χ1n) is 9.08. The van der Waals surface area contributed by atoms with E-state index in [4.69, 9.17) is 33.1 Å². The normalized spacial score (nSPS) is 13.4. The average molecular weight is 431 g/mol. The summed E-state index contributed by atoms with van der Waals surface area (Å²) in [5, 5.41) is 22.3. The van der Waals surface area contributed by atoms with Crippen molar-refractivity contribution in [2.45, 2.75) is 56.7 Å². The van der Waals surface area contributed by atoms with Gasteiger partial charge in [0, 0.05) is 19.4 Å². The van der Waals surface area contributed by atoms with Crippen molar-refractivity contribution in [2.24, 2.45) is 27.9 Å². The zero-order chi connectivity index (χ0) is 23.3. The first-order valence-corrected chi connectivity index (χ1v) is 9.08. The first-order chi connectivity index (χ1) is 13.9. The van der Waals surface area contributed by atoms with Crippen molar-refractivity contribution in [2.75, 3.05) is 6.54 Å². The fourth-order valence-electron chi connectivity index (χ4n) is 2.28. The molecule has 0 spiro atoms. The summed E-state index contributed by atoms with van der Waals surface area (Å²) in [5.41, 5.74) is 21.2. The van der Waals surface area contributed by atoms with E-state index in [2.05, 4.69) is 15.6 Å². The van der Waals surface area contributed by atoms with Crippen LogP contribution in [0, 0.1) is 0 Å². The summed E-state index contributed by atoms with van der Waals surface area (Å²) in [6.45, 7) is 0.249. The molecule has 0 saturated heterocycles. The molecule has 0 saturated carbocycles. The Kier molecular flexibility index (Phi) is 12.1. The van der Waals surface area contributed by atoms with Crippen LogP contribution in [0.15, 0.2) is 4.99 Å². The van der Waals surface area contributed by atoms with Crippen LogP contribution >= 0.6 is 0 Å². The number of nitrogens with one attached hydrogen (secondary N) is 2. The zero-order valence-corrected chi connectivity index (χ0v) is 16.4. The van der Waals surface area contributed by atoms with E-state index in [0.717, 1.165) is 0 Å². The van der Waals surface area contributed by atoms with Gasteiger partial charge in [-0.15, -0.1) is 0 Å². The summed E-state index contributed by atoms with van der Waals surface area (Å²) in [6.07, 6.45) is -0.721. The predicted molar refractivity (Wildman–Crippen MR) is 105 cm³/mol. The number of aliphatic carboxylic acids is 2. The van der Waals surface area contributed by atoms with Crippen LogP contribution in [0.1, 0.15) is 38.5 Å². The second kappa shape index (κ2) is 13.7. The summed E-state index contributed by atoms with van der Waals surface area (Å²) in [6, 6.07) is -3.79. The maximum absolute atomic E-state index is 12.4. The molecule has 3 amide bonds. The van der Waals surface area contributed by atoms with Gasteiger partial charge < -0.3 is 43.8 Å². The fraction of sp³-hybridized carbons (Fsp3) is 0.625. The number of aliphatic imine (C=N–C) groups is 1. The van der Waals surface area contributed by atoms with Gasteiger partial charge in [-0.3, -0.25) is 24.2 Å². The van der Waals surface area contributed by atoms with Gasteiger partial charge in [0.15, 0.2) is 5.96 Å². The van der Waals surface area contributed by atoms with Gasteiger partial charge in [-0.25, -0.2) is 4.79 Å². The van der Waals surface area contributed by atoms with Gasteiger partial charge in [-0.2, -0.15) is 0 Å². The Morgan fingerprint density at radius 2 is 1.40 bits per heavy atom. The molecule has 14 nitrogen and oxygen atoms in total. The molecule has 12 N–H and O–H groups in total. The number of carboxylic acid groups (broad SMARTS) is 2. The van der Waals surface area contributed by atoms with E-state index in [1.54, 1.807) is 0 Å². The smallest absolute Gasteiger partial charge is 0.326 e. The maximum Gasteiger partial charge on any atom is 0.326 e. The number of hydrogen-bond acceptors (Lipinski definition) is 7. The molecule has 0 unspecified atom stereocenters. The standard InChI is InChI=1S/C16H29N7O7/c17-8(2-1-7-21-16(19)20)13(27)22-9(3-5-11(18)24)14(28)23-10(15(29)30)4-6-12(25)26/h8-10H,1-7,17H2,(H2,18,24)(H,22,27)(H,23,28)(H,25,26)(H,29,30)(H4,19,20,21)/t8-,9-,10-/m0/s1. The quantitative estimate of drug-likeness (QED) is 0.0721. The van der Waals surface area contributed by atoms with Gasteiger partial charge in [0.25, 0.3) is 0 Å². The molecule has 0 aromatic heterocycles. The minimum Gasteiger partial charge on any atom is -0.481 e. The van der Waals surface area contributed by atoms with Gasteiger partial charge in [0.05, 0.1) is 6.04 Å². The Bertz CT molecular complexity index is 664. The number of amides is 3. The second-order valence-electron chi connectivity index (χ2n) is 6.45. The third kappa shape index (κ3) is 12.1. The Labute approximate surface area is 172 Å². The Morgan fingerprint density at radius 1 is 0.833 bits per heavy atom. The number of carbonyl (C=O) groups excluding carboxylic acids is 3. The van der Waals surface area contributed by atoms with E-state index in [9.17, 15) is 24.0 Å². The van der Waals surface area contributed by atoms with Gasteiger partial charge in [0.2, 0.25) is 17.7 Å². The van der Waals surface area contributed by atoms with E-state index >= 15 is 0 Å². The zero-order valence-electron chi connectivity index (χ0n) is 16.4. The van der Waals surface area contributed by atoms with Crippen LogP contribution in [0.3, 0.4) is 0 Å². The lowest BCUT2D eigenvalue weighted by atomic mass is 10.1. The molecule has 0 fully saturated rings. The van der Waals surface area contributed by atoms with E-state index in [0.29, 0.717) is 6.42 Å². The molecule has 0 heterocycles. The fourth-order valence-corrected chi connectivity index (χ4v) is 2.28. The highest BCUT2D eigenvalue weighted by Crippen LogP contribution is 2.04. The molecule has 0 aromatic rings. The molecule has 14 heteroatoms. The van der Waals surface area contributed by atoms with Crippen LogP contribution in [-0.4, -0.2) is 70.5 Å². The van der Waals surface area contributed by atoms with Crippen LogP contribution < -0.4 is 33.6 Å². The topological polar surface area (TPSA) is 266 Å². The average Bonchev–Trinajstić information content (AvgIpc) is 2.64. The van der Waals surface area contributed by atoms with E-state index in [1.807, 2.05) is 0 Å². The Morgan fingerprint density at radius 3 is 1.90 bits per heavy atom. The molecule has 0 aromatic carbocycles. The SMILES string of the molecule is NC(=O)CC[C@H](NC(=O)[C@@H](N)CCCN=C(N)N)C(=O)N[C@@H](CCC(=O)O)C(=O)O. The number of guanidine groups is 1. The van der Waals surface area contributed by atoms with E-state index in [-0.39, 0.29) is 38.2 Å². The highest BCUT2D eigenvalue weighted by molar-refractivity contribution is 5.92. The summed E-state index contributed by atoms with van der Waals surface area (Å²) >= 11 is 0. The predicted octanol–water partition coefficient (Wildman–Crippen LogP) is -3.45. The van der Waals surface area contributed by atoms with Gasteiger partial charge in [-0.05, 0) is 25.7 Å². The minimum atomic E-state index is -1.49. The Hall–Kier alpha value is -3.42. The highest BCUT2D eigenvalue weighted by Gasteiger charge is 2.28. The number of rotatable bonds is 15. The lowest BCUT2D eigenvalue weighted by Crippen LogP contribution is -2.54. The number of carbonyl (C=O) groups is 5. The first kappa shape index (κ1) is 26.6. The molecule has 0 aliphatic heterocycles. The van der Waals surface area contributed by atoms with Gasteiger partial charge in [0.1, 0.15) is 12.1 Å². The molecular weight excluding hydrogens is 402 g/mol. The lowest BCUT2D eigenvalue weighted by Gasteiger charge is -2.22. The number of carboxylic acids is 2. The summed E-state index contributed by atoms with van der Waals surface area (Å²) < 4.78 is 0. The molecule has 30 heavy (non-hydrogen) atoms. The van der Waals surface area contributed by atoms with Gasteiger partial charge >= 0.3 is 11.9 Å². The van der Waals surface area contributed by atoms with Crippen LogP contribution in [0.2, 0.25) is 0 Å². The van der Waals surface area contributed by atoms with Crippen LogP contribution in [0.4, 0.5) is 0 Å². The molecule has 170 valence electrons. The highest BCUT2D eigenvalue weighted by atomic mass is 16.4. The lowest BCUT2D eigenvalue weighted by molar-refractivity contribution is -0.143. The summed E-state index contributed by atoms with van der Waals surface area (Å²) in [4.78, 5) is 61.4. The molecule has 0 aliphatic carbocycles. The maximum atomic E-state index is 12.4. The molecule has 0 bridgehead atoms. The number of primary amides is 1. The molecule has 3 atom stereocenters. The van der Waals surface area contributed by atoms with Crippen molar-refractivity contribution in [3.8, 4) is 0 Å². The molecule has 0 aliphatic rings. The monoisotopic (exact) mass is 431 g/mol. The summed E-state index contributed by atoms with van der Waals surface area (Å²) in [5.74, 6) is -5.13. The van der Waals surface area contributed by atoms with Crippen molar-refractivity contribution in [3.05, 3.63) is 0 Å². The molecule has 0 rings (SSSR count). The number of nitrogens with two attached hydrogens (primary N) is 4. The van der Waals surface area contributed by atoms with Crippen LogP contribution in [-0.2, 0) is 24.0 Å². The van der Waals surface area contributed by atoms with Crippen LogP contribution in [0.25, 0.3) is 0 Å². The van der Waals surface area contributed by atoms with Crippen LogP contribution in [0.5, 0.6) is 0 Å². The van der Waals surface area contributed by atoms with E-state index in [1.165, 1.54) is 0 Å². The number of nitrogens with zero attached hydrogens (tertiary/aromatic N) is 1. The van der Waals surface area contributed by atoms with Crippen molar-refractivity contribution in [3.63, 3.8) is 0 Å². The molecular formula is C16H29N7O7. The van der Waals surface area contributed by atoms with Crippen molar-refractivity contribution < 1.29 is 34.2 Å². The third-order valence-electron chi connectivity index (χ3n) is 3.88. The summed E-state index contributed by atoms with van der Waals surface area (Å²) in [7, 11) is 0. The minimum absolute atomic E-state index is 0.105. The second-order valence-corrected chi connectivity index (χ2v) is 6.45. The number of hydrogen-bond donors (Lipinski definition) is 8. The van der Waals surface area contributed by atoms with Gasteiger partial charge in [-0.1, -0.05) is 0 Å². The van der Waals surface area contributed by atoms with E-state index < -0.39 is 54.2 Å².